The van der Waals surface area contributed by atoms with Gasteiger partial charge in [-0.15, -0.1) is 0 Å². The van der Waals surface area contributed by atoms with Crippen LogP contribution in [0.1, 0.15) is 21.7 Å². The zero-order valence-corrected chi connectivity index (χ0v) is 13.6. The highest BCUT2D eigenvalue weighted by Gasteiger charge is 2.23. The highest BCUT2D eigenvalue weighted by Crippen LogP contribution is 2.28. The van der Waals surface area contributed by atoms with Crippen LogP contribution in [0.15, 0.2) is 53.1 Å². The van der Waals surface area contributed by atoms with Crippen molar-refractivity contribution in [3.8, 4) is 11.3 Å². The van der Waals surface area contributed by atoms with Crippen molar-refractivity contribution >= 4 is 17.3 Å². The van der Waals surface area contributed by atoms with Gasteiger partial charge in [0, 0.05) is 11.6 Å². The van der Waals surface area contributed by atoms with Crippen LogP contribution in [0.25, 0.3) is 11.3 Å². The first kappa shape index (κ1) is 16.4. The number of hydrogen-bond acceptors (Lipinski definition) is 5. The molecule has 2 aromatic carbocycles. The number of aryl methyl sites for hydroxylation is 1. The summed E-state index contributed by atoms with van der Waals surface area (Å²) in [7, 11) is 0. The highest BCUT2D eigenvalue weighted by atomic mass is 16.6. The van der Waals surface area contributed by atoms with Crippen molar-refractivity contribution in [3.63, 3.8) is 0 Å². The molecule has 0 fully saturated rings. The first-order chi connectivity index (χ1) is 12.0. The molecule has 0 saturated heterocycles. The Kier molecular flexibility index (Phi) is 4.30. The molecule has 1 N–H and O–H groups in total. The smallest absolute Gasteiger partial charge is 0.274 e. The monoisotopic (exact) mass is 337 g/mol. The average Bonchev–Trinajstić information content (AvgIpc) is 2.99. The summed E-state index contributed by atoms with van der Waals surface area (Å²) in [5.41, 5.74) is 2.19. The molecule has 7 nitrogen and oxygen atoms in total. The van der Waals surface area contributed by atoms with E-state index >= 15 is 0 Å². The number of amides is 1. The molecule has 3 rings (SSSR count). The van der Waals surface area contributed by atoms with E-state index in [2.05, 4.69) is 10.5 Å². The number of rotatable bonds is 4. The predicted octanol–water partition coefficient (Wildman–Crippen LogP) is 4.12. The van der Waals surface area contributed by atoms with Gasteiger partial charge in [-0.05, 0) is 19.9 Å². The molecule has 0 aliphatic carbocycles. The van der Waals surface area contributed by atoms with Crippen molar-refractivity contribution in [3.05, 3.63) is 75.5 Å². The number of carbonyl (C=O) groups excluding carboxylic acids is 1. The van der Waals surface area contributed by atoms with Gasteiger partial charge in [-0.25, -0.2) is 0 Å². The molecule has 0 aliphatic heterocycles. The van der Waals surface area contributed by atoms with Gasteiger partial charge in [-0.3, -0.25) is 14.9 Å². The quantitative estimate of drug-likeness (QED) is 0.570. The largest absolute Gasteiger partial charge is 0.360 e. The van der Waals surface area contributed by atoms with E-state index in [1.807, 2.05) is 30.3 Å². The predicted molar refractivity (Wildman–Crippen MR) is 92.5 cm³/mol. The number of hydrogen-bond donors (Lipinski definition) is 1. The van der Waals surface area contributed by atoms with Crippen LogP contribution in [0, 0.1) is 24.0 Å². The molecule has 0 radical (unpaired) electrons. The van der Waals surface area contributed by atoms with Crippen LogP contribution in [0.4, 0.5) is 11.4 Å². The molecule has 126 valence electrons. The number of aromatic nitrogens is 1. The van der Waals surface area contributed by atoms with Gasteiger partial charge in [0.15, 0.2) is 0 Å². The van der Waals surface area contributed by atoms with Gasteiger partial charge in [0.05, 0.1) is 16.2 Å². The Morgan fingerprint density at radius 1 is 1.12 bits per heavy atom. The number of benzene rings is 2. The number of nitro benzene ring substituents is 1. The zero-order valence-electron chi connectivity index (χ0n) is 13.6. The molecular formula is C18H15N3O4. The van der Waals surface area contributed by atoms with E-state index in [1.165, 1.54) is 12.1 Å². The first-order valence-electron chi connectivity index (χ1n) is 7.56. The minimum Gasteiger partial charge on any atom is -0.360 e. The Balaban J connectivity index is 1.97. The first-order valence-corrected chi connectivity index (χ1v) is 7.56. The van der Waals surface area contributed by atoms with Crippen molar-refractivity contribution in [2.75, 3.05) is 5.32 Å². The molecule has 0 saturated carbocycles. The summed E-state index contributed by atoms with van der Waals surface area (Å²) in [4.78, 5) is 23.3. The Hall–Kier alpha value is -3.48. The maximum absolute atomic E-state index is 12.7. The molecule has 0 spiro atoms. The standard InChI is InChI=1S/C18H15N3O4/c1-11-14(9-6-10-15(11)21(23)24)19-18(22)16-12(2)25-20-17(16)13-7-4-3-5-8-13/h3-10H,1-2H3,(H,19,22). The zero-order chi connectivity index (χ0) is 18.0. The van der Waals surface area contributed by atoms with Gasteiger partial charge >= 0.3 is 0 Å². The summed E-state index contributed by atoms with van der Waals surface area (Å²) in [6, 6.07) is 13.7. The minimum absolute atomic E-state index is 0.0527. The molecule has 1 amide bonds. The molecule has 1 heterocycles. The van der Waals surface area contributed by atoms with E-state index < -0.39 is 10.8 Å². The van der Waals surface area contributed by atoms with Gasteiger partial charge in [0.1, 0.15) is 17.0 Å². The van der Waals surface area contributed by atoms with Crippen LogP contribution in [0.2, 0.25) is 0 Å². The van der Waals surface area contributed by atoms with Crippen LogP contribution >= 0.6 is 0 Å². The number of nitrogens with one attached hydrogen (secondary N) is 1. The lowest BCUT2D eigenvalue weighted by Crippen LogP contribution is -2.14. The van der Waals surface area contributed by atoms with Crippen LogP contribution in [-0.2, 0) is 0 Å². The van der Waals surface area contributed by atoms with E-state index in [9.17, 15) is 14.9 Å². The molecule has 0 atom stereocenters. The molecule has 3 aromatic rings. The van der Waals surface area contributed by atoms with Crippen LogP contribution in [-0.4, -0.2) is 16.0 Å². The van der Waals surface area contributed by atoms with Gasteiger partial charge < -0.3 is 9.84 Å². The third kappa shape index (κ3) is 3.12. The van der Waals surface area contributed by atoms with Crippen LogP contribution in [0.5, 0.6) is 0 Å². The van der Waals surface area contributed by atoms with Gasteiger partial charge in [-0.1, -0.05) is 41.6 Å². The van der Waals surface area contributed by atoms with Crippen molar-refractivity contribution in [2.24, 2.45) is 0 Å². The molecule has 1 aromatic heterocycles. The highest BCUT2D eigenvalue weighted by molar-refractivity contribution is 6.09. The maximum atomic E-state index is 12.7. The van der Waals surface area contributed by atoms with Gasteiger partial charge in [0.2, 0.25) is 0 Å². The van der Waals surface area contributed by atoms with E-state index in [1.54, 1.807) is 19.9 Å². The van der Waals surface area contributed by atoms with Crippen molar-refractivity contribution < 1.29 is 14.2 Å². The molecule has 0 bridgehead atoms. The van der Waals surface area contributed by atoms with Crippen molar-refractivity contribution in [1.82, 2.24) is 5.16 Å². The molecule has 7 heteroatoms. The summed E-state index contributed by atoms with van der Waals surface area (Å²) < 4.78 is 5.18. The van der Waals surface area contributed by atoms with Crippen LogP contribution < -0.4 is 5.32 Å². The van der Waals surface area contributed by atoms with E-state index in [-0.39, 0.29) is 5.69 Å². The number of carbonyl (C=O) groups is 1. The topological polar surface area (TPSA) is 98.3 Å². The van der Waals surface area contributed by atoms with Crippen LogP contribution in [0.3, 0.4) is 0 Å². The third-order valence-electron chi connectivity index (χ3n) is 3.89. The Morgan fingerprint density at radius 3 is 2.52 bits per heavy atom. The molecule has 0 aliphatic rings. The lowest BCUT2D eigenvalue weighted by Gasteiger charge is -2.09. The molecular weight excluding hydrogens is 322 g/mol. The average molecular weight is 337 g/mol. The Bertz CT molecular complexity index is 948. The fourth-order valence-corrected chi connectivity index (χ4v) is 2.57. The fraction of sp³-hybridized carbons (Fsp3) is 0.111. The van der Waals surface area contributed by atoms with Gasteiger partial charge in [0.25, 0.3) is 11.6 Å². The number of nitrogens with zero attached hydrogens (tertiary/aromatic N) is 2. The number of anilines is 1. The summed E-state index contributed by atoms with van der Waals surface area (Å²) >= 11 is 0. The van der Waals surface area contributed by atoms with Crippen molar-refractivity contribution in [1.29, 1.82) is 0 Å². The lowest BCUT2D eigenvalue weighted by atomic mass is 10.1. The summed E-state index contributed by atoms with van der Waals surface area (Å²) in [6.07, 6.45) is 0. The SMILES string of the molecule is Cc1onc(-c2ccccc2)c1C(=O)Nc1cccc([N+](=O)[O-])c1C. The van der Waals surface area contributed by atoms with E-state index in [0.717, 1.165) is 5.56 Å². The van der Waals surface area contributed by atoms with E-state index in [0.29, 0.717) is 28.3 Å². The maximum Gasteiger partial charge on any atom is 0.274 e. The summed E-state index contributed by atoms with van der Waals surface area (Å²) in [6.45, 7) is 3.24. The minimum atomic E-state index is -0.481. The normalized spacial score (nSPS) is 10.5. The summed E-state index contributed by atoms with van der Waals surface area (Å²) in [5.74, 6) is -0.0550. The van der Waals surface area contributed by atoms with E-state index in [4.69, 9.17) is 4.52 Å². The van der Waals surface area contributed by atoms with Crippen molar-refractivity contribution in [2.45, 2.75) is 13.8 Å². The molecule has 25 heavy (non-hydrogen) atoms. The second-order valence-corrected chi connectivity index (χ2v) is 5.49. The Morgan fingerprint density at radius 2 is 1.84 bits per heavy atom. The fourth-order valence-electron chi connectivity index (χ4n) is 2.57. The van der Waals surface area contributed by atoms with Gasteiger partial charge in [-0.2, -0.15) is 0 Å². The lowest BCUT2D eigenvalue weighted by molar-refractivity contribution is -0.385. The Labute approximate surface area is 143 Å². The summed E-state index contributed by atoms with van der Waals surface area (Å²) in [5, 5.41) is 17.7. The second-order valence-electron chi connectivity index (χ2n) is 5.49. The second kappa shape index (κ2) is 6.56. The third-order valence-corrected chi connectivity index (χ3v) is 3.89. The number of nitro groups is 1. The molecule has 0 unspecified atom stereocenters.